The number of methoxy groups -OCH3 is 1. The van der Waals surface area contributed by atoms with Gasteiger partial charge in [0.25, 0.3) is 0 Å². The number of para-hydroxylation sites is 2. The molecule has 1 atom stereocenters. The fourth-order valence-electron chi connectivity index (χ4n) is 5.75. The van der Waals surface area contributed by atoms with E-state index in [-0.39, 0.29) is 6.61 Å². The molecule has 0 amide bonds. The van der Waals surface area contributed by atoms with Gasteiger partial charge in [-0.1, -0.05) is 30.3 Å². The van der Waals surface area contributed by atoms with Gasteiger partial charge in [-0.3, -0.25) is 4.90 Å². The van der Waals surface area contributed by atoms with Crippen LogP contribution in [-0.4, -0.2) is 77.5 Å². The fraction of sp³-hybridized carbons (Fsp3) is 0.387. The Bertz CT molecular complexity index is 1550. The monoisotopic (exact) mass is 568 g/mol. The minimum absolute atomic E-state index is 0.288. The number of allylic oxidation sites excluding steroid dienone is 3. The smallest absolute Gasteiger partial charge is 0.336 e. The van der Waals surface area contributed by atoms with Crippen molar-refractivity contribution in [3.63, 3.8) is 0 Å². The molecule has 2 aromatic carbocycles. The normalized spacial score (nSPS) is 17.6. The average Bonchev–Trinajstić information content (AvgIpc) is 3.44. The van der Waals surface area contributed by atoms with Gasteiger partial charge in [0.15, 0.2) is 0 Å². The molecule has 1 unspecified atom stereocenters. The Labute approximate surface area is 246 Å². The number of dihydropyridines is 1. The molecule has 3 heterocycles. The van der Waals surface area contributed by atoms with Crippen LogP contribution in [0.4, 0.5) is 5.69 Å². The van der Waals surface area contributed by atoms with Crippen molar-refractivity contribution in [1.29, 1.82) is 5.26 Å². The van der Waals surface area contributed by atoms with Crippen LogP contribution in [0.25, 0.3) is 5.57 Å². The van der Waals surface area contributed by atoms with Crippen molar-refractivity contribution in [3.05, 3.63) is 82.4 Å². The molecular formula is C31H36N8O3. The van der Waals surface area contributed by atoms with Crippen molar-refractivity contribution in [1.82, 2.24) is 30.4 Å². The van der Waals surface area contributed by atoms with Gasteiger partial charge in [0.2, 0.25) is 5.82 Å². The van der Waals surface area contributed by atoms with Gasteiger partial charge in [0.1, 0.15) is 5.75 Å². The van der Waals surface area contributed by atoms with E-state index >= 15 is 0 Å². The van der Waals surface area contributed by atoms with E-state index in [1.54, 1.807) is 20.2 Å². The maximum Gasteiger partial charge on any atom is 0.336 e. The lowest BCUT2D eigenvalue weighted by atomic mass is 9.78. The summed E-state index contributed by atoms with van der Waals surface area (Å²) in [5.41, 5.74) is 4.89. The van der Waals surface area contributed by atoms with Gasteiger partial charge < -0.3 is 19.7 Å². The number of benzene rings is 2. The average molecular weight is 569 g/mol. The number of nitriles is 1. The number of carbonyl (C=O) groups is 1. The van der Waals surface area contributed by atoms with Gasteiger partial charge in [0.05, 0.1) is 43.7 Å². The van der Waals surface area contributed by atoms with Crippen LogP contribution in [0, 0.1) is 11.3 Å². The number of ether oxygens (including phenoxy) is 2. The van der Waals surface area contributed by atoms with Crippen LogP contribution >= 0.6 is 0 Å². The number of nitrogens with one attached hydrogen (secondary N) is 1. The van der Waals surface area contributed by atoms with Crippen LogP contribution in [0.3, 0.4) is 0 Å². The second-order valence-corrected chi connectivity index (χ2v) is 10.4. The first-order valence-corrected chi connectivity index (χ1v) is 14.1. The van der Waals surface area contributed by atoms with E-state index < -0.39 is 11.9 Å². The SMILES string of the molecule is COc1ccccc1N1CCN(CCCOC(=O)C2=C(C)NC(C)=C(c3nnn(C)n3)C2c2ccccc2C#N)CC1. The predicted molar refractivity (Wildman–Crippen MR) is 158 cm³/mol. The summed E-state index contributed by atoms with van der Waals surface area (Å²) >= 11 is 0. The van der Waals surface area contributed by atoms with Crippen LogP contribution in [-0.2, 0) is 16.6 Å². The third-order valence-corrected chi connectivity index (χ3v) is 7.77. The van der Waals surface area contributed by atoms with E-state index in [4.69, 9.17) is 9.47 Å². The largest absolute Gasteiger partial charge is 0.495 e. The van der Waals surface area contributed by atoms with Crippen molar-refractivity contribution >= 4 is 17.2 Å². The first kappa shape index (κ1) is 28.8. The Hall–Kier alpha value is -4.69. The molecule has 11 heteroatoms. The number of carbonyl (C=O) groups excluding carboxylic acids is 1. The van der Waals surface area contributed by atoms with Crippen LogP contribution in [0.1, 0.15) is 43.1 Å². The lowest BCUT2D eigenvalue weighted by Gasteiger charge is -2.36. The number of rotatable bonds is 9. The molecule has 0 saturated carbocycles. The molecular weight excluding hydrogens is 532 g/mol. The first-order valence-electron chi connectivity index (χ1n) is 14.1. The molecule has 42 heavy (non-hydrogen) atoms. The molecule has 0 bridgehead atoms. The molecule has 5 rings (SSSR count). The van der Waals surface area contributed by atoms with Crippen molar-refractivity contribution in [3.8, 4) is 11.8 Å². The Morgan fingerprint density at radius 3 is 2.52 bits per heavy atom. The third-order valence-electron chi connectivity index (χ3n) is 7.77. The Kier molecular flexibility index (Phi) is 8.83. The molecule has 0 spiro atoms. The van der Waals surface area contributed by atoms with Gasteiger partial charge in [-0.25, -0.2) is 4.79 Å². The second-order valence-electron chi connectivity index (χ2n) is 10.4. The van der Waals surface area contributed by atoms with Crippen molar-refractivity contribution in [2.24, 2.45) is 7.05 Å². The van der Waals surface area contributed by atoms with Crippen LogP contribution < -0.4 is 15.0 Å². The zero-order valence-electron chi connectivity index (χ0n) is 24.5. The predicted octanol–water partition coefficient (Wildman–Crippen LogP) is 3.24. The summed E-state index contributed by atoms with van der Waals surface area (Å²) in [6.07, 6.45) is 0.715. The highest BCUT2D eigenvalue weighted by Gasteiger charge is 2.37. The highest BCUT2D eigenvalue weighted by atomic mass is 16.5. The summed E-state index contributed by atoms with van der Waals surface area (Å²) in [6, 6.07) is 17.7. The lowest BCUT2D eigenvalue weighted by Crippen LogP contribution is -2.46. The molecule has 1 saturated heterocycles. The van der Waals surface area contributed by atoms with Gasteiger partial charge in [-0.15, -0.1) is 10.2 Å². The summed E-state index contributed by atoms with van der Waals surface area (Å²) in [6.45, 7) is 8.54. The van der Waals surface area contributed by atoms with Gasteiger partial charge in [-0.05, 0) is 49.2 Å². The molecule has 1 fully saturated rings. The van der Waals surface area contributed by atoms with Crippen molar-refractivity contribution in [2.75, 3.05) is 51.3 Å². The molecule has 2 aliphatic heterocycles. The lowest BCUT2D eigenvalue weighted by molar-refractivity contribution is -0.139. The van der Waals surface area contributed by atoms with Gasteiger partial charge in [0, 0.05) is 55.6 Å². The number of aryl methyl sites for hydroxylation is 1. The number of hydrogen-bond acceptors (Lipinski definition) is 10. The van der Waals surface area contributed by atoms with E-state index in [0.717, 1.165) is 49.9 Å². The van der Waals surface area contributed by atoms with E-state index in [1.807, 2.05) is 50.2 Å². The summed E-state index contributed by atoms with van der Waals surface area (Å²) in [4.78, 5) is 19.8. The topological polar surface area (TPSA) is 121 Å². The number of hydrogen-bond donors (Lipinski definition) is 1. The number of aromatic nitrogens is 4. The second kappa shape index (κ2) is 12.9. The minimum atomic E-state index is -0.582. The number of esters is 1. The van der Waals surface area contributed by atoms with Crippen molar-refractivity contribution < 1.29 is 14.3 Å². The van der Waals surface area contributed by atoms with Crippen molar-refractivity contribution in [2.45, 2.75) is 26.2 Å². The quantitative estimate of drug-likeness (QED) is 0.304. The number of tetrazole rings is 1. The first-order chi connectivity index (χ1) is 20.4. The Balaban J connectivity index is 1.25. The maximum absolute atomic E-state index is 13.7. The summed E-state index contributed by atoms with van der Waals surface area (Å²) < 4.78 is 11.4. The molecule has 218 valence electrons. The van der Waals surface area contributed by atoms with Crippen LogP contribution in [0.5, 0.6) is 5.75 Å². The summed E-state index contributed by atoms with van der Waals surface area (Å²) in [5, 5.41) is 25.9. The molecule has 0 aliphatic carbocycles. The van der Waals surface area contributed by atoms with E-state index in [2.05, 4.69) is 42.7 Å². The third kappa shape index (κ3) is 5.99. The number of nitrogens with zero attached hydrogens (tertiary/aromatic N) is 7. The minimum Gasteiger partial charge on any atom is -0.495 e. The summed E-state index contributed by atoms with van der Waals surface area (Å²) in [5.74, 6) is 0.276. The Morgan fingerprint density at radius 1 is 1.07 bits per heavy atom. The van der Waals surface area contributed by atoms with Crippen LogP contribution in [0.2, 0.25) is 0 Å². The van der Waals surface area contributed by atoms with E-state index in [9.17, 15) is 10.1 Å². The Morgan fingerprint density at radius 2 is 1.81 bits per heavy atom. The summed E-state index contributed by atoms with van der Waals surface area (Å²) in [7, 11) is 3.39. The van der Waals surface area contributed by atoms with Crippen LogP contribution in [0.15, 0.2) is 65.5 Å². The number of piperazine rings is 1. The highest BCUT2D eigenvalue weighted by Crippen LogP contribution is 2.43. The molecule has 0 radical (unpaired) electrons. The molecule has 1 aromatic heterocycles. The zero-order chi connectivity index (χ0) is 29.6. The zero-order valence-corrected chi connectivity index (χ0v) is 24.5. The molecule has 1 N–H and O–H groups in total. The number of anilines is 1. The molecule has 11 nitrogen and oxygen atoms in total. The fourth-order valence-corrected chi connectivity index (χ4v) is 5.75. The van der Waals surface area contributed by atoms with E-state index in [0.29, 0.717) is 40.2 Å². The highest BCUT2D eigenvalue weighted by molar-refractivity contribution is 5.97. The standard InChI is InChI=1S/C31H36N8O3/c1-21-27(30-34-36-37(3)35-30)29(24-11-6-5-10-23(24)20-32)28(22(2)33-21)31(40)42-19-9-14-38-15-17-39(18-16-38)25-12-7-8-13-26(25)41-4/h5-8,10-13,29,33H,9,14-19H2,1-4H3. The van der Waals surface area contributed by atoms with Gasteiger partial charge in [-0.2, -0.15) is 10.1 Å². The molecule has 3 aromatic rings. The van der Waals surface area contributed by atoms with Gasteiger partial charge >= 0.3 is 5.97 Å². The maximum atomic E-state index is 13.7. The molecule has 2 aliphatic rings. The van der Waals surface area contributed by atoms with E-state index in [1.165, 1.54) is 4.80 Å².